The number of aromatic nitrogens is 2. The van der Waals surface area contributed by atoms with Gasteiger partial charge in [-0.3, -0.25) is 0 Å². The standard InChI is InChI=1S/C20H27BrN2/c1-20(2,3)19-22-18(16-9-11-17(21)12-10-16)14-23(19)13-15-7-5-4-6-8-15/h9-12,14-15H,4-8,13H2,1-3H3. The van der Waals surface area contributed by atoms with Gasteiger partial charge in [0.25, 0.3) is 0 Å². The maximum atomic E-state index is 4.99. The van der Waals surface area contributed by atoms with Crippen LogP contribution in [-0.4, -0.2) is 9.55 Å². The monoisotopic (exact) mass is 374 g/mol. The Balaban J connectivity index is 1.91. The molecule has 0 spiro atoms. The second kappa shape index (κ2) is 6.80. The van der Waals surface area contributed by atoms with E-state index in [1.165, 1.54) is 43.5 Å². The maximum Gasteiger partial charge on any atom is 0.114 e. The molecule has 2 aromatic rings. The Morgan fingerprint density at radius 1 is 1.09 bits per heavy atom. The second-order valence-electron chi connectivity index (χ2n) is 7.86. The SMILES string of the molecule is CC(C)(C)c1nc(-c2ccc(Br)cc2)cn1CC1CCCCC1. The van der Waals surface area contributed by atoms with Crippen LogP contribution in [0.15, 0.2) is 34.9 Å². The first-order chi connectivity index (χ1) is 10.9. The van der Waals surface area contributed by atoms with Gasteiger partial charge in [-0.15, -0.1) is 0 Å². The first kappa shape index (κ1) is 16.8. The number of imidazole rings is 1. The van der Waals surface area contributed by atoms with Gasteiger partial charge in [-0.05, 0) is 30.9 Å². The summed E-state index contributed by atoms with van der Waals surface area (Å²) in [4.78, 5) is 4.99. The lowest BCUT2D eigenvalue weighted by atomic mass is 9.88. The summed E-state index contributed by atoms with van der Waals surface area (Å²) < 4.78 is 3.53. The van der Waals surface area contributed by atoms with Gasteiger partial charge in [0.1, 0.15) is 5.82 Å². The van der Waals surface area contributed by atoms with Gasteiger partial charge < -0.3 is 4.57 Å². The van der Waals surface area contributed by atoms with E-state index >= 15 is 0 Å². The average Bonchev–Trinajstić information content (AvgIpc) is 2.93. The van der Waals surface area contributed by atoms with Crippen molar-refractivity contribution in [2.45, 2.75) is 64.8 Å². The van der Waals surface area contributed by atoms with E-state index in [0.29, 0.717) is 0 Å². The topological polar surface area (TPSA) is 17.8 Å². The molecule has 0 bridgehead atoms. The van der Waals surface area contributed by atoms with Crippen LogP contribution in [0, 0.1) is 5.92 Å². The van der Waals surface area contributed by atoms with Crippen molar-refractivity contribution in [1.29, 1.82) is 0 Å². The minimum atomic E-state index is 0.0717. The molecule has 1 aromatic carbocycles. The van der Waals surface area contributed by atoms with Gasteiger partial charge in [0, 0.05) is 28.2 Å². The highest BCUT2D eigenvalue weighted by Gasteiger charge is 2.24. The Labute approximate surface area is 148 Å². The van der Waals surface area contributed by atoms with Crippen LogP contribution in [0.25, 0.3) is 11.3 Å². The molecular weight excluding hydrogens is 348 g/mol. The molecule has 3 rings (SSSR count). The first-order valence-corrected chi connectivity index (χ1v) is 9.56. The van der Waals surface area contributed by atoms with Crippen molar-refractivity contribution in [2.24, 2.45) is 5.92 Å². The van der Waals surface area contributed by atoms with E-state index in [9.17, 15) is 0 Å². The predicted molar refractivity (Wildman–Crippen MR) is 101 cm³/mol. The molecule has 0 atom stereocenters. The molecule has 2 nitrogen and oxygen atoms in total. The third-order valence-corrected chi connectivity index (χ3v) is 5.30. The van der Waals surface area contributed by atoms with E-state index in [1.54, 1.807) is 0 Å². The smallest absolute Gasteiger partial charge is 0.114 e. The van der Waals surface area contributed by atoms with Crippen LogP contribution < -0.4 is 0 Å². The second-order valence-corrected chi connectivity index (χ2v) is 8.78. The lowest BCUT2D eigenvalue weighted by Gasteiger charge is -2.25. The molecule has 23 heavy (non-hydrogen) atoms. The highest BCUT2D eigenvalue weighted by Crippen LogP contribution is 2.30. The molecule has 0 aliphatic heterocycles. The van der Waals surface area contributed by atoms with Crippen LogP contribution in [0.4, 0.5) is 0 Å². The Bertz CT molecular complexity index is 643. The Morgan fingerprint density at radius 3 is 2.35 bits per heavy atom. The van der Waals surface area contributed by atoms with Crippen molar-refractivity contribution in [3.63, 3.8) is 0 Å². The zero-order chi connectivity index (χ0) is 16.4. The van der Waals surface area contributed by atoms with Crippen LogP contribution in [-0.2, 0) is 12.0 Å². The summed E-state index contributed by atoms with van der Waals surface area (Å²) in [6.45, 7) is 7.91. The maximum absolute atomic E-state index is 4.99. The van der Waals surface area contributed by atoms with Crippen molar-refractivity contribution in [3.05, 3.63) is 40.8 Å². The fourth-order valence-electron chi connectivity index (χ4n) is 3.56. The third-order valence-electron chi connectivity index (χ3n) is 4.77. The van der Waals surface area contributed by atoms with Gasteiger partial charge in [0.15, 0.2) is 0 Å². The molecule has 1 aromatic heterocycles. The molecule has 0 N–H and O–H groups in total. The number of hydrogen-bond acceptors (Lipinski definition) is 1. The summed E-state index contributed by atoms with van der Waals surface area (Å²) in [5.74, 6) is 2.03. The molecule has 1 aliphatic carbocycles. The molecule has 0 radical (unpaired) electrons. The minimum absolute atomic E-state index is 0.0717. The predicted octanol–water partition coefficient (Wildman–Crippen LogP) is 6.19. The fraction of sp³-hybridized carbons (Fsp3) is 0.550. The number of halogens is 1. The van der Waals surface area contributed by atoms with Crippen LogP contribution in [0.2, 0.25) is 0 Å². The lowest BCUT2D eigenvalue weighted by molar-refractivity contribution is 0.309. The highest BCUT2D eigenvalue weighted by molar-refractivity contribution is 9.10. The molecule has 1 fully saturated rings. The third kappa shape index (κ3) is 4.06. The molecule has 0 saturated heterocycles. The number of hydrogen-bond donors (Lipinski definition) is 0. The van der Waals surface area contributed by atoms with Crippen LogP contribution in [0.5, 0.6) is 0 Å². The van der Waals surface area contributed by atoms with Gasteiger partial charge in [0.2, 0.25) is 0 Å². The molecule has 124 valence electrons. The van der Waals surface area contributed by atoms with Gasteiger partial charge in [-0.2, -0.15) is 0 Å². The molecule has 0 unspecified atom stereocenters. The lowest BCUT2D eigenvalue weighted by Crippen LogP contribution is -2.22. The van der Waals surface area contributed by atoms with Gasteiger partial charge in [0.05, 0.1) is 5.69 Å². The van der Waals surface area contributed by atoms with Crippen molar-refractivity contribution in [1.82, 2.24) is 9.55 Å². The average molecular weight is 375 g/mol. The largest absolute Gasteiger partial charge is 0.334 e. The molecule has 1 heterocycles. The molecular formula is C20H27BrN2. The quantitative estimate of drug-likeness (QED) is 0.625. The van der Waals surface area contributed by atoms with Crippen LogP contribution in [0.1, 0.15) is 58.7 Å². The van der Waals surface area contributed by atoms with E-state index in [-0.39, 0.29) is 5.41 Å². The molecule has 0 amide bonds. The number of rotatable bonds is 3. The number of nitrogens with zero attached hydrogens (tertiary/aromatic N) is 2. The Hall–Kier alpha value is -1.09. The zero-order valence-electron chi connectivity index (χ0n) is 14.5. The Kier molecular flexibility index (Phi) is 4.96. The van der Waals surface area contributed by atoms with Gasteiger partial charge in [-0.1, -0.05) is 68.1 Å². The summed E-state index contributed by atoms with van der Waals surface area (Å²) in [7, 11) is 0. The molecule has 1 saturated carbocycles. The van der Waals surface area contributed by atoms with E-state index in [2.05, 4.69) is 71.7 Å². The summed E-state index contributed by atoms with van der Waals surface area (Å²) >= 11 is 3.51. The summed E-state index contributed by atoms with van der Waals surface area (Å²) in [5.41, 5.74) is 2.36. The van der Waals surface area contributed by atoms with Crippen LogP contribution >= 0.6 is 15.9 Å². The van der Waals surface area contributed by atoms with Crippen molar-refractivity contribution < 1.29 is 0 Å². The summed E-state index contributed by atoms with van der Waals surface area (Å²) in [5, 5.41) is 0. The van der Waals surface area contributed by atoms with Gasteiger partial charge in [-0.25, -0.2) is 4.98 Å². The van der Waals surface area contributed by atoms with E-state index < -0.39 is 0 Å². The highest BCUT2D eigenvalue weighted by atomic mass is 79.9. The molecule has 1 aliphatic rings. The van der Waals surface area contributed by atoms with Gasteiger partial charge >= 0.3 is 0 Å². The van der Waals surface area contributed by atoms with E-state index in [4.69, 9.17) is 4.98 Å². The minimum Gasteiger partial charge on any atom is -0.334 e. The Morgan fingerprint density at radius 2 is 1.74 bits per heavy atom. The first-order valence-electron chi connectivity index (χ1n) is 8.77. The van der Waals surface area contributed by atoms with Crippen molar-refractivity contribution in [3.8, 4) is 11.3 Å². The van der Waals surface area contributed by atoms with Crippen LogP contribution in [0.3, 0.4) is 0 Å². The molecule has 3 heteroatoms. The summed E-state index contributed by atoms with van der Waals surface area (Å²) in [6, 6.07) is 8.46. The number of benzene rings is 1. The zero-order valence-corrected chi connectivity index (χ0v) is 16.1. The van der Waals surface area contributed by atoms with E-state index in [1.807, 2.05) is 0 Å². The van der Waals surface area contributed by atoms with Crippen molar-refractivity contribution >= 4 is 15.9 Å². The summed E-state index contributed by atoms with van der Waals surface area (Å²) in [6.07, 6.45) is 9.20. The fourth-order valence-corrected chi connectivity index (χ4v) is 3.83. The van der Waals surface area contributed by atoms with Crippen molar-refractivity contribution in [2.75, 3.05) is 0 Å². The normalized spacial score (nSPS) is 16.7. The van der Waals surface area contributed by atoms with E-state index in [0.717, 1.165) is 22.6 Å².